The van der Waals surface area contributed by atoms with Gasteiger partial charge in [-0.2, -0.15) is 0 Å². The van der Waals surface area contributed by atoms with Crippen LogP contribution < -0.4 is 10.9 Å². The van der Waals surface area contributed by atoms with Crippen LogP contribution in [-0.4, -0.2) is 23.1 Å². The fourth-order valence-corrected chi connectivity index (χ4v) is 3.16. The third kappa shape index (κ3) is 1.33. The van der Waals surface area contributed by atoms with E-state index < -0.39 is 0 Å². The summed E-state index contributed by atoms with van der Waals surface area (Å²) in [5.74, 6) is 0.753. The molecule has 1 fully saturated rings. The molecule has 0 aromatic carbocycles. The van der Waals surface area contributed by atoms with Crippen LogP contribution in [0, 0.1) is 6.92 Å². The molecular formula is C12H17N3O. The maximum absolute atomic E-state index is 11.8. The summed E-state index contributed by atoms with van der Waals surface area (Å²) in [6, 6.07) is 0. The number of piperidine rings is 1. The van der Waals surface area contributed by atoms with E-state index in [1.54, 1.807) is 0 Å². The highest BCUT2D eigenvalue weighted by Gasteiger charge is 2.42. The normalized spacial score (nSPS) is 22.3. The van der Waals surface area contributed by atoms with Crippen LogP contribution >= 0.6 is 0 Å². The smallest absolute Gasteiger partial charge is 0.254 e. The van der Waals surface area contributed by atoms with Crippen molar-refractivity contribution in [2.45, 2.75) is 38.0 Å². The van der Waals surface area contributed by atoms with Gasteiger partial charge in [0.05, 0.1) is 5.69 Å². The van der Waals surface area contributed by atoms with Crippen LogP contribution in [0.2, 0.25) is 0 Å². The minimum absolute atomic E-state index is 0.0814. The molecule has 1 aromatic heterocycles. The summed E-state index contributed by atoms with van der Waals surface area (Å²) >= 11 is 0. The van der Waals surface area contributed by atoms with Gasteiger partial charge >= 0.3 is 0 Å². The molecule has 2 aliphatic rings. The Labute approximate surface area is 94.5 Å². The first-order valence-corrected chi connectivity index (χ1v) is 6.02. The molecule has 1 spiro atoms. The van der Waals surface area contributed by atoms with Gasteiger partial charge in [-0.25, -0.2) is 4.98 Å². The Bertz CT molecular complexity index is 472. The van der Waals surface area contributed by atoms with E-state index >= 15 is 0 Å². The van der Waals surface area contributed by atoms with Gasteiger partial charge in [-0.15, -0.1) is 0 Å². The second-order valence-electron chi connectivity index (χ2n) is 5.01. The average Bonchev–Trinajstić information content (AvgIpc) is 2.59. The number of hydrogen-bond donors (Lipinski definition) is 2. The molecule has 1 aliphatic heterocycles. The number of rotatable bonds is 0. The van der Waals surface area contributed by atoms with Crippen molar-refractivity contribution in [2.75, 3.05) is 13.1 Å². The molecule has 86 valence electrons. The van der Waals surface area contributed by atoms with E-state index in [2.05, 4.69) is 15.3 Å². The van der Waals surface area contributed by atoms with Crippen molar-refractivity contribution in [1.29, 1.82) is 0 Å². The van der Waals surface area contributed by atoms with Crippen molar-refractivity contribution < 1.29 is 0 Å². The van der Waals surface area contributed by atoms with Crippen molar-refractivity contribution in [2.24, 2.45) is 0 Å². The molecule has 0 radical (unpaired) electrons. The lowest BCUT2D eigenvalue weighted by Crippen LogP contribution is -2.39. The van der Waals surface area contributed by atoms with Gasteiger partial charge in [0.1, 0.15) is 5.82 Å². The number of nitrogens with zero attached hydrogens (tertiary/aromatic N) is 1. The van der Waals surface area contributed by atoms with Crippen molar-refractivity contribution in [3.8, 4) is 0 Å². The summed E-state index contributed by atoms with van der Waals surface area (Å²) in [5, 5.41) is 3.38. The van der Waals surface area contributed by atoms with Gasteiger partial charge in [-0.1, -0.05) is 0 Å². The van der Waals surface area contributed by atoms with Gasteiger partial charge in [0.15, 0.2) is 0 Å². The van der Waals surface area contributed by atoms with Crippen LogP contribution in [0.5, 0.6) is 0 Å². The maximum Gasteiger partial charge on any atom is 0.254 e. The molecule has 0 unspecified atom stereocenters. The summed E-state index contributed by atoms with van der Waals surface area (Å²) in [5.41, 5.74) is 2.31. The van der Waals surface area contributed by atoms with Crippen LogP contribution in [0.4, 0.5) is 0 Å². The Balaban J connectivity index is 2.14. The molecule has 4 nitrogen and oxygen atoms in total. The predicted molar refractivity (Wildman–Crippen MR) is 61.7 cm³/mol. The molecule has 0 amide bonds. The van der Waals surface area contributed by atoms with Gasteiger partial charge < -0.3 is 10.3 Å². The lowest BCUT2D eigenvalue weighted by Gasteiger charge is -2.33. The average molecular weight is 219 g/mol. The monoisotopic (exact) mass is 219 g/mol. The number of hydrogen-bond acceptors (Lipinski definition) is 3. The van der Waals surface area contributed by atoms with Crippen molar-refractivity contribution in [3.05, 3.63) is 27.4 Å². The number of fused-ring (bicyclic) bond motifs is 2. The van der Waals surface area contributed by atoms with Gasteiger partial charge in [-0.05, 0) is 45.7 Å². The Morgan fingerprint density at radius 1 is 1.25 bits per heavy atom. The quantitative estimate of drug-likeness (QED) is 0.673. The second-order valence-corrected chi connectivity index (χ2v) is 5.01. The standard InChI is InChI=1S/C12H17N3O/c1-8-14-10-9(11(16)15-8)2-3-12(10)4-6-13-7-5-12/h13H,2-7H2,1H3,(H,14,15,16). The van der Waals surface area contributed by atoms with E-state index in [-0.39, 0.29) is 11.0 Å². The van der Waals surface area contributed by atoms with Gasteiger partial charge in [0.25, 0.3) is 5.56 Å². The van der Waals surface area contributed by atoms with Crippen LogP contribution in [0.15, 0.2) is 4.79 Å². The second kappa shape index (κ2) is 3.42. The molecular weight excluding hydrogens is 202 g/mol. The van der Waals surface area contributed by atoms with Gasteiger partial charge in [-0.3, -0.25) is 4.79 Å². The zero-order valence-corrected chi connectivity index (χ0v) is 9.60. The lowest BCUT2D eigenvalue weighted by molar-refractivity contribution is 0.300. The number of H-pyrrole nitrogens is 1. The molecule has 3 rings (SSSR count). The topological polar surface area (TPSA) is 57.8 Å². The number of nitrogens with one attached hydrogen (secondary N) is 2. The van der Waals surface area contributed by atoms with Crippen LogP contribution in [-0.2, 0) is 11.8 Å². The Kier molecular flexibility index (Phi) is 2.14. The molecule has 0 bridgehead atoms. The molecule has 0 saturated carbocycles. The van der Waals surface area contributed by atoms with Crippen LogP contribution in [0.3, 0.4) is 0 Å². The highest BCUT2D eigenvalue weighted by atomic mass is 16.1. The zero-order valence-electron chi connectivity index (χ0n) is 9.60. The predicted octanol–water partition coefficient (Wildman–Crippen LogP) is 0.646. The molecule has 1 aromatic rings. The molecule has 16 heavy (non-hydrogen) atoms. The zero-order chi connectivity index (χ0) is 11.2. The first-order chi connectivity index (χ1) is 7.71. The number of aromatic nitrogens is 2. The van der Waals surface area contributed by atoms with E-state index in [1.165, 1.54) is 0 Å². The highest BCUT2D eigenvalue weighted by Crippen LogP contribution is 2.42. The molecule has 2 N–H and O–H groups in total. The number of aryl methyl sites for hydroxylation is 1. The molecule has 0 atom stereocenters. The first kappa shape index (κ1) is 10.0. The lowest BCUT2D eigenvalue weighted by atomic mass is 9.77. The van der Waals surface area contributed by atoms with Crippen LogP contribution in [0.1, 0.15) is 36.3 Å². The Hall–Kier alpha value is -1.16. The fraction of sp³-hybridized carbons (Fsp3) is 0.667. The largest absolute Gasteiger partial charge is 0.317 e. The van der Waals surface area contributed by atoms with Gasteiger partial charge in [0, 0.05) is 11.0 Å². The van der Waals surface area contributed by atoms with Crippen LogP contribution in [0.25, 0.3) is 0 Å². The van der Waals surface area contributed by atoms with E-state index in [4.69, 9.17) is 0 Å². The van der Waals surface area contributed by atoms with E-state index in [9.17, 15) is 4.79 Å². The minimum atomic E-state index is 0.0814. The maximum atomic E-state index is 11.8. The highest BCUT2D eigenvalue weighted by molar-refractivity contribution is 5.33. The van der Waals surface area contributed by atoms with E-state index in [0.717, 1.165) is 55.9 Å². The SMILES string of the molecule is Cc1nc2c(c(=O)[nH]1)CCC21CCNCC1. The summed E-state index contributed by atoms with van der Waals surface area (Å²) in [7, 11) is 0. The summed E-state index contributed by atoms with van der Waals surface area (Å²) in [6.45, 7) is 3.97. The van der Waals surface area contributed by atoms with E-state index in [1.807, 2.05) is 6.92 Å². The minimum Gasteiger partial charge on any atom is -0.317 e. The summed E-state index contributed by atoms with van der Waals surface area (Å²) in [4.78, 5) is 19.3. The third-order valence-electron chi connectivity index (χ3n) is 4.05. The fourth-order valence-electron chi connectivity index (χ4n) is 3.16. The number of aromatic amines is 1. The van der Waals surface area contributed by atoms with Crippen molar-refractivity contribution in [3.63, 3.8) is 0 Å². The summed E-state index contributed by atoms with van der Waals surface area (Å²) < 4.78 is 0. The van der Waals surface area contributed by atoms with Crippen molar-refractivity contribution in [1.82, 2.24) is 15.3 Å². The molecule has 2 heterocycles. The summed E-state index contributed by atoms with van der Waals surface area (Å²) in [6.07, 6.45) is 4.24. The molecule has 1 saturated heterocycles. The van der Waals surface area contributed by atoms with Crippen molar-refractivity contribution >= 4 is 0 Å². The van der Waals surface area contributed by atoms with E-state index in [0.29, 0.717) is 0 Å². The Morgan fingerprint density at radius 3 is 2.75 bits per heavy atom. The van der Waals surface area contributed by atoms with Gasteiger partial charge in [0.2, 0.25) is 0 Å². The third-order valence-corrected chi connectivity index (χ3v) is 4.05. The molecule has 1 aliphatic carbocycles. The Morgan fingerprint density at radius 2 is 2.00 bits per heavy atom. The molecule has 4 heteroatoms. The first-order valence-electron chi connectivity index (χ1n) is 6.02.